The van der Waals surface area contributed by atoms with E-state index in [-0.39, 0.29) is 31.4 Å². The van der Waals surface area contributed by atoms with E-state index in [1.165, 1.54) is 6.20 Å². The van der Waals surface area contributed by atoms with Gasteiger partial charge in [0.25, 0.3) is 5.88 Å². The van der Waals surface area contributed by atoms with Crippen LogP contribution in [-0.4, -0.2) is 55.4 Å². The van der Waals surface area contributed by atoms with Crippen LogP contribution in [0.1, 0.15) is 12.2 Å². The van der Waals surface area contributed by atoms with E-state index in [1.807, 2.05) is 18.2 Å². The molecule has 0 aromatic carbocycles. The average molecular weight is 399 g/mol. The van der Waals surface area contributed by atoms with Gasteiger partial charge in [0, 0.05) is 19.5 Å². The van der Waals surface area contributed by atoms with E-state index >= 15 is 0 Å². The van der Waals surface area contributed by atoms with E-state index < -0.39 is 0 Å². The number of nitrogens with one attached hydrogen (secondary N) is 1. The van der Waals surface area contributed by atoms with Crippen LogP contribution in [0.25, 0.3) is 0 Å². The number of nitrogens with zero attached hydrogens (tertiary/aromatic N) is 4. The molecule has 0 unspecified atom stereocenters. The van der Waals surface area contributed by atoms with Crippen LogP contribution < -0.4 is 14.8 Å². The maximum Gasteiger partial charge on any atom is 0.263 e. The number of aliphatic imine (C=N–C) groups is 2. The Morgan fingerprint density at radius 1 is 1.34 bits per heavy atom. The largest absolute Gasteiger partial charge is 0.493 e. The van der Waals surface area contributed by atoms with Crippen molar-refractivity contribution in [2.24, 2.45) is 9.98 Å². The first-order valence-corrected chi connectivity index (χ1v) is 8.95. The van der Waals surface area contributed by atoms with Gasteiger partial charge >= 0.3 is 0 Å². The van der Waals surface area contributed by atoms with Crippen molar-refractivity contribution in [2.75, 3.05) is 32.7 Å². The Bertz CT molecular complexity index is 844. The molecular weight excluding hydrogens is 374 g/mol. The number of anilines is 1. The predicted molar refractivity (Wildman–Crippen MR) is 113 cm³/mol. The number of aliphatic hydroxyl groups is 1. The molecule has 29 heavy (non-hydrogen) atoms. The van der Waals surface area contributed by atoms with Crippen molar-refractivity contribution in [3.8, 4) is 11.6 Å². The van der Waals surface area contributed by atoms with Crippen LogP contribution in [0.3, 0.4) is 0 Å². The van der Waals surface area contributed by atoms with Crippen molar-refractivity contribution in [3.63, 3.8) is 0 Å². The molecule has 1 aliphatic rings. The standard InChI is InChI=1S/C20H25N5O4/c1-21-10-7-11-23-14-17-24-19(22-2)18(20(25-17)28-13-12-26)29-16-9-6-4-5-8-15(16)27-3/h4,6-11,26H,1,5,12-14H2,2-3H3,(H,22,24,25)/b10-7-,23-11?. The molecule has 0 fully saturated rings. The van der Waals surface area contributed by atoms with Gasteiger partial charge in [-0.1, -0.05) is 12.2 Å². The van der Waals surface area contributed by atoms with Gasteiger partial charge in [-0.2, -0.15) is 4.98 Å². The summed E-state index contributed by atoms with van der Waals surface area (Å²) in [5.41, 5.74) is 0. The Hall–Kier alpha value is -3.46. The maximum atomic E-state index is 9.16. The molecule has 0 bridgehead atoms. The summed E-state index contributed by atoms with van der Waals surface area (Å²) in [6, 6.07) is 0. The molecule has 9 nitrogen and oxygen atoms in total. The molecule has 0 saturated carbocycles. The Morgan fingerprint density at radius 2 is 2.21 bits per heavy atom. The fourth-order valence-electron chi connectivity index (χ4n) is 2.31. The smallest absolute Gasteiger partial charge is 0.263 e. The molecule has 2 rings (SSSR count). The highest BCUT2D eigenvalue weighted by atomic mass is 16.5. The summed E-state index contributed by atoms with van der Waals surface area (Å²) in [5, 5.41) is 12.1. The van der Waals surface area contributed by atoms with Gasteiger partial charge in [0.1, 0.15) is 6.61 Å². The molecule has 1 aromatic rings. The lowest BCUT2D eigenvalue weighted by Gasteiger charge is -2.17. The molecule has 2 N–H and O–H groups in total. The second-order valence-electron chi connectivity index (χ2n) is 5.53. The van der Waals surface area contributed by atoms with Crippen molar-refractivity contribution in [3.05, 3.63) is 53.9 Å². The second-order valence-corrected chi connectivity index (χ2v) is 5.53. The quantitative estimate of drug-likeness (QED) is 0.550. The van der Waals surface area contributed by atoms with Gasteiger partial charge in [-0.05, 0) is 31.4 Å². The molecule has 0 spiro atoms. The van der Waals surface area contributed by atoms with Crippen molar-refractivity contribution in [1.29, 1.82) is 0 Å². The Labute approximate surface area is 169 Å². The first-order valence-electron chi connectivity index (χ1n) is 8.95. The minimum absolute atomic E-state index is 0.0545. The highest BCUT2D eigenvalue weighted by molar-refractivity contribution is 5.71. The summed E-state index contributed by atoms with van der Waals surface area (Å²) in [4.78, 5) is 16.6. The minimum atomic E-state index is -0.167. The fraction of sp³-hybridized carbons (Fsp3) is 0.300. The fourth-order valence-corrected chi connectivity index (χ4v) is 2.31. The minimum Gasteiger partial charge on any atom is -0.493 e. The number of aromatic nitrogens is 2. The SMILES string of the molecule is C=N/C=C\C=NCc1nc(NC)c(OC2=CC=CCC=C2OC)c(OCCO)n1. The molecule has 0 aliphatic heterocycles. The van der Waals surface area contributed by atoms with Crippen molar-refractivity contribution in [1.82, 2.24) is 9.97 Å². The number of hydrogen-bond donors (Lipinski definition) is 2. The number of methoxy groups -OCH3 is 1. The van der Waals surface area contributed by atoms with Crippen molar-refractivity contribution in [2.45, 2.75) is 13.0 Å². The molecule has 0 amide bonds. The van der Waals surface area contributed by atoms with Crippen molar-refractivity contribution >= 4 is 18.7 Å². The first-order chi connectivity index (χ1) is 14.2. The third-order valence-electron chi connectivity index (χ3n) is 3.56. The van der Waals surface area contributed by atoms with Gasteiger partial charge in [0.05, 0.1) is 20.3 Å². The molecule has 154 valence electrons. The normalized spacial score (nSPS) is 13.8. The van der Waals surface area contributed by atoms with Crippen LogP contribution in [0, 0.1) is 0 Å². The zero-order valence-corrected chi connectivity index (χ0v) is 16.5. The lowest BCUT2D eigenvalue weighted by Crippen LogP contribution is -2.11. The van der Waals surface area contributed by atoms with Gasteiger partial charge < -0.3 is 24.6 Å². The molecule has 1 heterocycles. The van der Waals surface area contributed by atoms with Crippen LogP contribution in [-0.2, 0) is 11.3 Å². The number of rotatable bonds is 11. The zero-order valence-electron chi connectivity index (χ0n) is 16.5. The maximum absolute atomic E-state index is 9.16. The van der Waals surface area contributed by atoms with Gasteiger partial charge in [-0.3, -0.25) is 9.98 Å². The molecule has 9 heteroatoms. The average Bonchev–Trinajstić information content (AvgIpc) is 2.97. The highest BCUT2D eigenvalue weighted by Gasteiger charge is 2.20. The Kier molecular flexibility index (Phi) is 9.10. The zero-order chi connectivity index (χ0) is 20.9. The van der Waals surface area contributed by atoms with E-state index in [0.29, 0.717) is 23.2 Å². The second kappa shape index (κ2) is 12.1. The summed E-state index contributed by atoms with van der Waals surface area (Å²) in [6.07, 6.45) is 13.0. The van der Waals surface area contributed by atoms with Gasteiger partial charge in [0.2, 0.25) is 5.75 Å². The Morgan fingerprint density at radius 3 is 2.93 bits per heavy atom. The van der Waals surface area contributed by atoms with Crippen molar-refractivity contribution < 1.29 is 19.3 Å². The van der Waals surface area contributed by atoms with E-state index in [2.05, 4.69) is 32.0 Å². The third-order valence-corrected chi connectivity index (χ3v) is 3.56. The number of ether oxygens (including phenoxy) is 3. The molecule has 1 aliphatic carbocycles. The van der Waals surface area contributed by atoms with Gasteiger partial charge in [-0.25, -0.2) is 4.98 Å². The molecule has 0 atom stereocenters. The topological polar surface area (TPSA) is 110 Å². The molecule has 0 radical (unpaired) electrons. The van der Waals surface area contributed by atoms with Crippen LogP contribution in [0.4, 0.5) is 5.82 Å². The first kappa shape index (κ1) is 21.8. The summed E-state index contributed by atoms with van der Waals surface area (Å²) in [6.45, 7) is 3.46. The van der Waals surface area contributed by atoms with E-state index in [9.17, 15) is 0 Å². The number of aliphatic hydroxyl groups excluding tert-OH is 1. The van der Waals surface area contributed by atoms with Crippen LogP contribution in [0.15, 0.2) is 58.1 Å². The summed E-state index contributed by atoms with van der Waals surface area (Å²) in [7, 11) is 3.29. The summed E-state index contributed by atoms with van der Waals surface area (Å²) >= 11 is 0. The molecule has 0 saturated heterocycles. The van der Waals surface area contributed by atoms with E-state index in [0.717, 1.165) is 6.42 Å². The van der Waals surface area contributed by atoms with Crippen LogP contribution in [0.5, 0.6) is 11.6 Å². The lowest BCUT2D eigenvalue weighted by molar-refractivity contribution is 0.189. The number of hydrogen-bond acceptors (Lipinski definition) is 9. The Balaban J connectivity index is 2.37. The van der Waals surface area contributed by atoms with Crippen LogP contribution in [0.2, 0.25) is 0 Å². The van der Waals surface area contributed by atoms with Gasteiger partial charge in [0.15, 0.2) is 23.2 Å². The lowest BCUT2D eigenvalue weighted by atomic mass is 10.3. The highest BCUT2D eigenvalue weighted by Crippen LogP contribution is 2.35. The summed E-state index contributed by atoms with van der Waals surface area (Å²) in [5.74, 6) is 2.39. The summed E-state index contributed by atoms with van der Waals surface area (Å²) < 4.78 is 17.1. The monoisotopic (exact) mass is 399 g/mol. The number of allylic oxidation sites excluding steroid dienone is 5. The molecular formula is C20H25N5O4. The van der Waals surface area contributed by atoms with E-state index in [4.69, 9.17) is 19.3 Å². The van der Waals surface area contributed by atoms with E-state index in [1.54, 1.807) is 32.5 Å². The van der Waals surface area contributed by atoms with Crippen LogP contribution >= 0.6 is 0 Å². The third kappa shape index (κ3) is 6.58. The van der Waals surface area contributed by atoms with Gasteiger partial charge in [-0.15, -0.1) is 0 Å². The predicted octanol–water partition coefficient (Wildman–Crippen LogP) is 2.43. The molecule has 1 aromatic heterocycles.